The largest absolute Gasteiger partial charge is 0.497 e. The third kappa shape index (κ3) is 4.23. The molecule has 0 bridgehead atoms. The lowest BCUT2D eigenvalue weighted by Crippen LogP contribution is -2.32. The van der Waals surface area contributed by atoms with Crippen molar-refractivity contribution in [1.82, 2.24) is 14.9 Å². The van der Waals surface area contributed by atoms with E-state index in [0.717, 1.165) is 22.2 Å². The Labute approximate surface area is 148 Å². The molecule has 2 heterocycles. The summed E-state index contributed by atoms with van der Waals surface area (Å²) in [6.07, 6.45) is 4.39. The van der Waals surface area contributed by atoms with E-state index in [1.54, 1.807) is 19.5 Å². The molecule has 0 saturated carbocycles. The lowest BCUT2D eigenvalue weighted by molar-refractivity contribution is -0.129. The molecule has 6 nitrogen and oxygen atoms in total. The second-order valence-electron chi connectivity index (χ2n) is 5.58. The van der Waals surface area contributed by atoms with Crippen molar-refractivity contribution in [2.45, 2.75) is 18.9 Å². The van der Waals surface area contributed by atoms with Crippen LogP contribution >= 0.6 is 15.9 Å². The molecule has 7 heteroatoms. The molecule has 24 heavy (non-hydrogen) atoms. The van der Waals surface area contributed by atoms with Crippen LogP contribution in [0.4, 0.5) is 0 Å². The highest BCUT2D eigenvalue weighted by molar-refractivity contribution is 9.10. The summed E-state index contributed by atoms with van der Waals surface area (Å²) >= 11 is 3.29. The van der Waals surface area contributed by atoms with Crippen LogP contribution in [0.15, 0.2) is 41.1 Å². The number of amides is 1. The van der Waals surface area contributed by atoms with E-state index in [4.69, 9.17) is 9.47 Å². The predicted octanol–water partition coefficient (Wildman–Crippen LogP) is 2.47. The molecule has 1 amide bonds. The van der Waals surface area contributed by atoms with E-state index in [0.29, 0.717) is 25.5 Å². The van der Waals surface area contributed by atoms with Gasteiger partial charge in [0, 0.05) is 25.4 Å². The number of ether oxygens (including phenoxy) is 2. The Morgan fingerprint density at radius 1 is 1.29 bits per heavy atom. The van der Waals surface area contributed by atoms with E-state index in [1.165, 1.54) is 0 Å². The Kier molecular flexibility index (Phi) is 5.30. The van der Waals surface area contributed by atoms with Gasteiger partial charge >= 0.3 is 6.01 Å². The van der Waals surface area contributed by atoms with Gasteiger partial charge in [0.1, 0.15) is 11.9 Å². The number of carbonyl (C=O) groups excluding carboxylic acids is 1. The fourth-order valence-corrected chi connectivity index (χ4v) is 2.80. The number of likely N-dealkylation sites (tertiary alicyclic amines) is 1. The number of nitrogens with zero attached hydrogens (tertiary/aromatic N) is 3. The van der Waals surface area contributed by atoms with Crippen molar-refractivity contribution in [3.63, 3.8) is 0 Å². The summed E-state index contributed by atoms with van der Waals surface area (Å²) in [5.74, 6) is 0.887. The van der Waals surface area contributed by atoms with E-state index in [2.05, 4.69) is 25.9 Å². The van der Waals surface area contributed by atoms with Gasteiger partial charge in [-0.1, -0.05) is 12.1 Å². The minimum absolute atomic E-state index is 0.0639. The molecule has 0 N–H and O–H groups in total. The second kappa shape index (κ2) is 7.61. The highest BCUT2D eigenvalue weighted by atomic mass is 79.9. The first kappa shape index (κ1) is 16.7. The lowest BCUT2D eigenvalue weighted by Gasteiger charge is -2.17. The van der Waals surface area contributed by atoms with Gasteiger partial charge in [0.15, 0.2) is 0 Å². The molecule has 1 saturated heterocycles. The van der Waals surface area contributed by atoms with Crippen LogP contribution in [0.25, 0.3) is 0 Å². The van der Waals surface area contributed by atoms with Crippen LogP contribution in [0.3, 0.4) is 0 Å². The summed E-state index contributed by atoms with van der Waals surface area (Å²) < 4.78 is 11.7. The number of hydrogen-bond donors (Lipinski definition) is 0. The molecule has 1 aromatic carbocycles. The van der Waals surface area contributed by atoms with Gasteiger partial charge in [-0.2, -0.15) is 0 Å². The average molecular weight is 392 g/mol. The van der Waals surface area contributed by atoms with Crippen molar-refractivity contribution in [2.24, 2.45) is 0 Å². The molecule has 1 atom stereocenters. The molecule has 0 aliphatic carbocycles. The smallest absolute Gasteiger partial charge is 0.316 e. The van der Waals surface area contributed by atoms with Gasteiger partial charge < -0.3 is 14.4 Å². The Balaban J connectivity index is 1.52. The van der Waals surface area contributed by atoms with Gasteiger partial charge in [-0.3, -0.25) is 4.79 Å². The van der Waals surface area contributed by atoms with E-state index in [1.807, 2.05) is 29.2 Å². The Morgan fingerprint density at radius 3 is 2.67 bits per heavy atom. The SMILES string of the molecule is COc1ccc(CC(=O)N2CCC(Oc3ncc(Br)cn3)C2)cc1. The number of halogens is 1. The lowest BCUT2D eigenvalue weighted by atomic mass is 10.1. The zero-order chi connectivity index (χ0) is 16.9. The van der Waals surface area contributed by atoms with Crippen molar-refractivity contribution in [1.29, 1.82) is 0 Å². The van der Waals surface area contributed by atoms with Crippen molar-refractivity contribution < 1.29 is 14.3 Å². The Hall–Kier alpha value is -2.15. The van der Waals surface area contributed by atoms with Crippen molar-refractivity contribution in [3.8, 4) is 11.8 Å². The molecule has 126 valence electrons. The monoisotopic (exact) mass is 391 g/mol. The third-order valence-corrected chi connectivity index (χ3v) is 4.29. The van der Waals surface area contributed by atoms with Crippen molar-refractivity contribution >= 4 is 21.8 Å². The van der Waals surface area contributed by atoms with E-state index in [9.17, 15) is 4.79 Å². The molecule has 1 unspecified atom stereocenters. The molecule has 1 aliphatic heterocycles. The second-order valence-corrected chi connectivity index (χ2v) is 6.49. The molecule has 1 aromatic heterocycles. The number of benzene rings is 1. The van der Waals surface area contributed by atoms with Gasteiger partial charge in [0.2, 0.25) is 5.91 Å². The van der Waals surface area contributed by atoms with E-state index < -0.39 is 0 Å². The summed E-state index contributed by atoms with van der Waals surface area (Å²) in [7, 11) is 1.62. The fraction of sp³-hybridized carbons (Fsp3) is 0.353. The maximum atomic E-state index is 12.4. The molecule has 0 spiro atoms. The molecule has 2 aromatic rings. The number of hydrogen-bond acceptors (Lipinski definition) is 5. The standard InChI is InChI=1S/C17H18BrN3O3/c1-23-14-4-2-12(3-5-14)8-16(22)21-7-6-15(11-21)24-17-19-9-13(18)10-20-17/h2-5,9-10,15H,6-8,11H2,1H3. The van der Waals surface area contributed by atoms with Crippen LogP contribution < -0.4 is 9.47 Å². The van der Waals surface area contributed by atoms with Gasteiger partial charge in [0.25, 0.3) is 0 Å². The summed E-state index contributed by atoms with van der Waals surface area (Å²) in [5.41, 5.74) is 0.974. The topological polar surface area (TPSA) is 64.5 Å². The number of rotatable bonds is 5. The van der Waals surface area contributed by atoms with Crippen LogP contribution in [0, 0.1) is 0 Å². The number of aromatic nitrogens is 2. The third-order valence-electron chi connectivity index (χ3n) is 3.88. The first-order valence-corrected chi connectivity index (χ1v) is 8.48. The van der Waals surface area contributed by atoms with E-state index in [-0.39, 0.29) is 12.0 Å². The molecular formula is C17H18BrN3O3. The van der Waals surface area contributed by atoms with Gasteiger partial charge in [0.05, 0.1) is 24.5 Å². The van der Waals surface area contributed by atoms with Crippen molar-refractivity contribution in [2.75, 3.05) is 20.2 Å². The molecular weight excluding hydrogens is 374 g/mol. The quantitative estimate of drug-likeness (QED) is 0.783. The maximum absolute atomic E-state index is 12.4. The van der Waals surface area contributed by atoms with Crippen LogP contribution in [-0.2, 0) is 11.2 Å². The zero-order valence-corrected chi connectivity index (χ0v) is 14.9. The Bertz CT molecular complexity index is 691. The van der Waals surface area contributed by atoms with Gasteiger partial charge in [-0.15, -0.1) is 0 Å². The highest BCUT2D eigenvalue weighted by Gasteiger charge is 2.28. The Morgan fingerprint density at radius 2 is 2.00 bits per heavy atom. The fourth-order valence-electron chi connectivity index (χ4n) is 2.59. The van der Waals surface area contributed by atoms with Crippen molar-refractivity contribution in [3.05, 3.63) is 46.7 Å². The van der Waals surface area contributed by atoms with Gasteiger partial charge in [-0.25, -0.2) is 9.97 Å². The first-order chi connectivity index (χ1) is 11.6. The van der Waals surface area contributed by atoms with Crippen LogP contribution in [0.5, 0.6) is 11.8 Å². The van der Waals surface area contributed by atoms with Gasteiger partial charge in [-0.05, 0) is 33.6 Å². The van der Waals surface area contributed by atoms with E-state index >= 15 is 0 Å². The normalized spacial score (nSPS) is 16.9. The van der Waals surface area contributed by atoms with Crippen LogP contribution in [-0.4, -0.2) is 47.1 Å². The summed E-state index contributed by atoms with van der Waals surface area (Å²) in [5, 5.41) is 0. The molecule has 1 fully saturated rings. The predicted molar refractivity (Wildman–Crippen MR) is 92.0 cm³/mol. The number of carbonyl (C=O) groups is 1. The van der Waals surface area contributed by atoms with Crippen LogP contribution in [0.1, 0.15) is 12.0 Å². The average Bonchev–Trinajstić information content (AvgIpc) is 3.06. The maximum Gasteiger partial charge on any atom is 0.316 e. The highest BCUT2D eigenvalue weighted by Crippen LogP contribution is 2.18. The molecule has 0 radical (unpaired) electrons. The molecule has 3 rings (SSSR count). The summed E-state index contributed by atoms with van der Waals surface area (Å²) in [6.45, 7) is 1.25. The minimum Gasteiger partial charge on any atom is -0.497 e. The number of methoxy groups -OCH3 is 1. The minimum atomic E-state index is -0.0639. The molecule has 1 aliphatic rings. The first-order valence-electron chi connectivity index (χ1n) is 7.69. The summed E-state index contributed by atoms with van der Waals surface area (Å²) in [4.78, 5) is 22.4. The zero-order valence-electron chi connectivity index (χ0n) is 13.3. The summed E-state index contributed by atoms with van der Waals surface area (Å²) in [6, 6.07) is 7.90. The van der Waals surface area contributed by atoms with Crippen LogP contribution in [0.2, 0.25) is 0 Å².